The number of halogens is 2. The fourth-order valence-electron chi connectivity index (χ4n) is 5.86. The van der Waals surface area contributed by atoms with E-state index in [-0.39, 0.29) is 17.5 Å². The number of rotatable bonds is 12. The van der Waals surface area contributed by atoms with Crippen molar-refractivity contribution in [1.29, 1.82) is 0 Å². The number of benzene rings is 2. The van der Waals surface area contributed by atoms with Crippen molar-refractivity contribution < 1.29 is 14.6 Å². The van der Waals surface area contributed by atoms with Gasteiger partial charge in [-0.1, -0.05) is 65.7 Å². The minimum absolute atomic E-state index is 0.0925. The van der Waals surface area contributed by atoms with Gasteiger partial charge in [-0.25, -0.2) is 9.97 Å². The maximum atomic E-state index is 13.1. The summed E-state index contributed by atoms with van der Waals surface area (Å²) < 4.78 is 7.13. The van der Waals surface area contributed by atoms with E-state index in [1.54, 1.807) is 26.4 Å². The van der Waals surface area contributed by atoms with Crippen molar-refractivity contribution in [3.8, 4) is 39.4 Å². The second-order valence-electron chi connectivity index (χ2n) is 11.8. The van der Waals surface area contributed by atoms with E-state index in [0.29, 0.717) is 65.4 Å². The highest BCUT2D eigenvalue weighted by molar-refractivity contribution is 6.39. The van der Waals surface area contributed by atoms with Gasteiger partial charge in [0.2, 0.25) is 11.8 Å². The van der Waals surface area contributed by atoms with Crippen LogP contribution in [0.5, 0.6) is 5.88 Å². The number of nitrogens with zero attached hydrogens (tertiary/aromatic N) is 3. The highest BCUT2D eigenvalue weighted by atomic mass is 35.5. The number of aromatic nitrogens is 3. The molecular weight excluding hydrogens is 651 g/mol. The Labute approximate surface area is 288 Å². The lowest BCUT2D eigenvalue weighted by Gasteiger charge is -2.16. The number of pyridine rings is 2. The van der Waals surface area contributed by atoms with Crippen LogP contribution in [-0.4, -0.2) is 57.7 Å². The van der Waals surface area contributed by atoms with E-state index < -0.39 is 6.10 Å². The fraction of sp³-hybridized carbons (Fsp3) is 0.278. The molecule has 0 spiro atoms. The van der Waals surface area contributed by atoms with Crippen LogP contribution < -0.4 is 26.2 Å². The number of hydrogen-bond acceptors (Lipinski definition) is 8. The van der Waals surface area contributed by atoms with Crippen molar-refractivity contribution in [3.63, 3.8) is 0 Å². The molecule has 5 aromatic rings. The Balaban J connectivity index is 1.25. The van der Waals surface area contributed by atoms with E-state index in [9.17, 15) is 14.7 Å². The maximum Gasteiger partial charge on any atom is 0.262 e. The average molecular weight is 688 g/mol. The van der Waals surface area contributed by atoms with Gasteiger partial charge < -0.3 is 25.8 Å². The topological polar surface area (TPSA) is 130 Å². The van der Waals surface area contributed by atoms with Crippen LogP contribution >= 0.6 is 23.2 Å². The summed E-state index contributed by atoms with van der Waals surface area (Å²) in [5.74, 6) is 0.582. The first kappa shape index (κ1) is 33.6. The minimum Gasteiger partial charge on any atom is -0.481 e. The van der Waals surface area contributed by atoms with Crippen molar-refractivity contribution in [3.05, 3.63) is 105 Å². The number of aliphatic hydroxyl groups excluding tert-OH is 1. The van der Waals surface area contributed by atoms with Crippen molar-refractivity contribution >= 4 is 34.8 Å². The Hall–Kier alpha value is -4.32. The molecule has 0 unspecified atom stereocenters. The second kappa shape index (κ2) is 14.8. The van der Waals surface area contributed by atoms with Gasteiger partial charge in [0.05, 0.1) is 29.0 Å². The zero-order valence-corrected chi connectivity index (χ0v) is 28.1. The number of carbonyl (C=O) groups is 1. The minimum atomic E-state index is -0.513. The Kier molecular flexibility index (Phi) is 10.4. The molecule has 10 nitrogen and oxygen atoms in total. The summed E-state index contributed by atoms with van der Waals surface area (Å²) >= 11 is 14.1. The number of hydrogen-bond donors (Lipinski definition) is 4. The molecule has 12 heteroatoms. The molecule has 2 atom stereocenters. The molecule has 0 aliphatic carbocycles. The number of methoxy groups -OCH3 is 1. The molecule has 1 amide bonds. The monoisotopic (exact) mass is 686 g/mol. The van der Waals surface area contributed by atoms with Gasteiger partial charge in [0.1, 0.15) is 5.65 Å². The van der Waals surface area contributed by atoms with E-state index in [1.807, 2.05) is 60.7 Å². The van der Waals surface area contributed by atoms with Crippen molar-refractivity contribution in [2.45, 2.75) is 45.0 Å². The van der Waals surface area contributed by atoms with Crippen LogP contribution in [0.3, 0.4) is 0 Å². The van der Waals surface area contributed by atoms with Crippen LogP contribution in [0, 0.1) is 0 Å². The van der Waals surface area contributed by atoms with E-state index in [4.69, 9.17) is 32.9 Å². The summed E-state index contributed by atoms with van der Waals surface area (Å²) in [6.07, 6.45) is 4.13. The lowest BCUT2D eigenvalue weighted by atomic mass is 9.97. The van der Waals surface area contributed by atoms with Crippen LogP contribution in [0.25, 0.3) is 39.2 Å². The molecule has 1 fully saturated rings. The molecule has 1 saturated heterocycles. The molecule has 0 bridgehead atoms. The summed E-state index contributed by atoms with van der Waals surface area (Å²) in [6.45, 7) is 3.58. The summed E-state index contributed by atoms with van der Waals surface area (Å²) in [6, 6.07) is 19.2. The quantitative estimate of drug-likeness (QED) is 0.140. The fourth-order valence-corrected chi connectivity index (χ4v) is 6.52. The molecule has 6 rings (SSSR count). The predicted molar refractivity (Wildman–Crippen MR) is 188 cm³/mol. The lowest BCUT2D eigenvalue weighted by molar-refractivity contribution is -0.119. The summed E-state index contributed by atoms with van der Waals surface area (Å²) in [4.78, 5) is 33.8. The second-order valence-corrected chi connectivity index (χ2v) is 12.6. The Bertz CT molecular complexity index is 2030. The number of aliphatic hydroxyl groups is 1. The maximum absolute atomic E-state index is 13.1. The van der Waals surface area contributed by atoms with Gasteiger partial charge in [-0.15, -0.1) is 0 Å². The van der Waals surface area contributed by atoms with E-state index in [0.717, 1.165) is 39.8 Å². The number of amides is 1. The van der Waals surface area contributed by atoms with Gasteiger partial charge in [-0.3, -0.25) is 14.0 Å². The van der Waals surface area contributed by atoms with Gasteiger partial charge in [-0.2, -0.15) is 0 Å². The van der Waals surface area contributed by atoms with Crippen LogP contribution in [0.4, 0.5) is 0 Å². The zero-order valence-electron chi connectivity index (χ0n) is 26.6. The molecule has 4 heterocycles. The molecular formula is C36H36Cl2N6O4. The van der Waals surface area contributed by atoms with Crippen LogP contribution in [0.1, 0.15) is 30.9 Å². The average Bonchev–Trinajstić information content (AvgIpc) is 3.50. The first-order valence-corrected chi connectivity index (χ1v) is 16.5. The zero-order chi connectivity index (χ0) is 33.8. The third-order valence-electron chi connectivity index (χ3n) is 8.33. The van der Waals surface area contributed by atoms with Crippen LogP contribution in [0.2, 0.25) is 10.0 Å². The Morgan fingerprint density at radius 3 is 2.40 bits per heavy atom. The summed E-state index contributed by atoms with van der Waals surface area (Å²) in [5, 5.41) is 19.9. The highest BCUT2D eigenvalue weighted by Gasteiger charge is 2.21. The smallest absolute Gasteiger partial charge is 0.262 e. The summed E-state index contributed by atoms with van der Waals surface area (Å²) in [7, 11) is 1.59. The molecule has 248 valence electrons. The van der Waals surface area contributed by atoms with E-state index in [1.165, 1.54) is 4.40 Å². The van der Waals surface area contributed by atoms with Crippen LogP contribution in [-0.2, 0) is 17.9 Å². The van der Waals surface area contributed by atoms with Crippen molar-refractivity contribution in [2.24, 2.45) is 0 Å². The third kappa shape index (κ3) is 7.23. The van der Waals surface area contributed by atoms with Gasteiger partial charge in [-0.05, 0) is 37.1 Å². The van der Waals surface area contributed by atoms with Gasteiger partial charge in [0.15, 0.2) is 0 Å². The molecule has 1 aliphatic rings. The third-order valence-corrected chi connectivity index (χ3v) is 9.15. The summed E-state index contributed by atoms with van der Waals surface area (Å²) in [5.41, 5.74) is 6.15. The van der Waals surface area contributed by atoms with Crippen molar-refractivity contribution in [1.82, 2.24) is 30.3 Å². The molecule has 3 aromatic heterocycles. The van der Waals surface area contributed by atoms with Gasteiger partial charge in [0, 0.05) is 84.4 Å². The molecule has 0 radical (unpaired) electrons. The first-order valence-electron chi connectivity index (χ1n) is 15.7. The number of fused-ring (bicyclic) bond motifs is 1. The van der Waals surface area contributed by atoms with Gasteiger partial charge in [0.25, 0.3) is 5.56 Å². The molecule has 1 aliphatic heterocycles. The standard InChI is InChI=1S/C36H36Cl2N6O4/c1-21(45)16-39-18-24-19-41-31-15-22(13-14-44(31)36(24)47)26-5-3-6-27(33(26)37)28-7-4-8-29(34(28)38)30-11-9-23(35(43-30)48-2)17-40-20-25-10-12-32(46)42-25/h3-9,11,13-15,19,21,25,39-40,45H,10,12,16-18,20H2,1-2H3,(H,42,46)/t21-,25+/m0/s1. The highest BCUT2D eigenvalue weighted by Crippen LogP contribution is 2.42. The van der Waals surface area contributed by atoms with Crippen LogP contribution in [0.15, 0.2) is 77.9 Å². The Morgan fingerprint density at radius 1 is 0.979 bits per heavy atom. The first-order chi connectivity index (χ1) is 23.2. The predicted octanol–water partition coefficient (Wildman–Crippen LogP) is 5.24. The number of nitrogens with one attached hydrogen (secondary N) is 3. The normalized spacial score (nSPS) is 15.1. The lowest BCUT2D eigenvalue weighted by Crippen LogP contribution is -2.35. The SMILES string of the molecule is COc1nc(-c2cccc(-c3cccc(-c4ccn5c(=O)c(CNC[C@H](C)O)cnc5c4)c3Cl)c2Cl)ccc1CNC[C@H]1CCC(=O)N1. The van der Waals surface area contributed by atoms with E-state index in [2.05, 4.69) is 20.9 Å². The molecule has 2 aromatic carbocycles. The molecule has 48 heavy (non-hydrogen) atoms. The van der Waals surface area contributed by atoms with Crippen molar-refractivity contribution in [2.75, 3.05) is 20.2 Å². The van der Waals surface area contributed by atoms with E-state index >= 15 is 0 Å². The Morgan fingerprint density at radius 2 is 1.69 bits per heavy atom. The molecule has 0 saturated carbocycles. The van der Waals surface area contributed by atoms with Gasteiger partial charge >= 0.3 is 0 Å². The molecule has 4 N–H and O–H groups in total. The number of ether oxygens (including phenoxy) is 1. The largest absolute Gasteiger partial charge is 0.481 e. The number of carbonyl (C=O) groups excluding carboxylic acids is 1.